The van der Waals surface area contributed by atoms with E-state index in [-0.39, 0.29) is 5.78 Å². The van der Waals surface area contributed by atoms with E-state index in [2.05, 4.69) is 15.9 Å². The summed E-state index contributed by atoms with van der Waals surface area (Å²) in [6.07, 6.45) is 0. The summed E-state index contributed by atoms with van der Waals surface area (Å²) in [6.45, 7) is 1.49. The molecule has 29 heavy (non-hydrogen) atoms. The van der Waals surface area contributed by atoms with Gasteiger partial charge in [0.15, 0.2) is 5.78 Å². The van der Waals surface area contributed by atoms with Crippen molar-refractivity contribution < 1.29 is 14.3 Å². The quantitative estimate of drug-likeness (QED) is 0.216. The first-order chi connectivity index (χ1) is 14.0. The van der Waals surface area contributed by atoms with Crippen molar-refractivity contribution in [2.75, 3.05) is 0 Å². The maximum Gasteiger partial charge on any atom is 0.344 e. The van der Waals surface area contributed by atoms with Gasteiger partial charge in [0, 0.05) is 21.0 Å². The van der Waals surface area contributed by atoms with Gasteiger partial charge >= 0.3 is 5.97 Å². The van der Waals surface area contributed by atoms with E-state index in [1.54, 1.807) is 30.3 Å². The molecule has 0 saturated heterocycles. The monoisotopic (exact) mass is 445 g/mol. The molecule has 0 saturated carbocycles. The van der Waals surface area contributed by atoms with Crippen molar-refractivity contribution in [3.05, 3.63) is 94.5 Å². The third-order valence-electron chi connectivity index (χ3n) is 4.55. The van der Waals surface area contributed by atoms with Crippen LogP contribution in [0.25, 0.3) is 22.2 Å². The van der Waals surface area contributed by atoms with Crippen LogP contribution in [0, 0.1) is 0 Å². The second-order valence-electron chi connectivity index (χ2n) is 6.55. The maximum atomic E-state index is 13.0. The average molecular weight is 446 g/mol. The number of benzene rings is 3. The van der Waals surface area contributed by atoms with Crippen molar-refractivity contribution in [2.24, 2.45) is 0 Å². The number of carbonyl (C=O) groups excluding carboxylic acids is 2. The van der Waals surface area contributed by atoms with Gasteiger partial charge in [-0.1, -0.05) is 46.3 Å². The van der Waals surface area contributed by atoms with Gasteiger partial charge in [0.2, 0.25) is 0 Å². The summed E-state index contributed by atoms with van der Waals surface area (Å²) in [7, 11) is 0. The van der Waals surface area contributed by atoms with Gasteiger partial charge in [-0.25, -0.2) is 9.78 Å². The van der Waals surface area contributed by atoms with Gasteiger partial charge in [0.25, 0.3) is 0 Å². The van der Waals surface area contributed by atoms with Crippen LogP contribution in [0.1, 0.15) is 27.6 Å². The van der Waals surface area contributed by atoms with Crippen molar-refractivity contribution in [3.8, 4) is 17.0 Å². The molecular weight excluding hydrogens is 430 g/mol. The van der Waals surface area contributed by atoms with Gasteiger partial charge in [-0.15, -0.1) is 0 Å². The molecule has 4 aromatic rings. The van der Waals surface area contributed by atoms with E-state index in [0.29, 0.717) is 28.1 Å². The van der Waals surface area contributed by atoms with Gasteiger partial charge in [0.05, 0.1) is 16.8 Å². The molecule has 0 bridgehead atoms. The lowest BCUT2D eigenvalue weighted by molar-refractivity contribution is 0.0736. The van der Waals surface area contributed by atoms with Crippen LogP contribution in [0.2, 0.25) is 0 Å². The number of ether oxygens (including phenoxy) is 1. The highest BCUT2D eigenvalue weighted by Gasteiger charge is 2.16. The molecule has 142 valence electrons. The molecule has 0 aliphatic carbocycles. The molecule has 3 aromatic carbocycles. The minimum absolute atomic E-state index is 0.0397. The summed E-state index contributed by atoms with van der Waals surface area (Å²) in [6, 6.07) is 23.5. The van der Waals surface area contributed by atoms with Crippen LogP contribution in [-0.2, 0) is 0 Å². The average Bonchev–Trinajstić information content (AvgIpc) is 2.74. The molecule has 0 unspecified atom stereocenters. The zero-order valence-electron chi connectivity index (χ0n) is 15.6. The highest BCUT2D eigenvalue weighted by Crippen LogP contribution is 2.27. The highest BCUT2D eigenvalue weighted by molar-refractivity contribution is 9.10. The first-order valence-corrected chi connectivity index (χ1v) is 9.79. The third-order valence-corrected chi connectivity index (χ3v) is 5.08. The predicted molar refractivity (Wildman–Crippen MR) is 116 cm³/mol. The number of fused-ring (bicyclic) bond motifs is 1. The van der Waals surface area contributed by atoms with E-state index in [1.165, 1.54) is 6.92 Å². The Morgan fingerprint density at radius 3 is 2.28 bits per heavy atom. The lowest BCUT2D eigenvalue weighted by Gasteiger charge is -2.10. The van der Waals surface area contributed by atoms with Gasteiger partial charge in [0.1, 0.15) is 5.75 Å². The number of ketones is 1. The second kappa shape index (κ2) is 7.97. The Balaban J connectivity index is 1.74. The predicted octanol–water partition coefficient (Wildman–Crippen LogP) is 6.09. The molecule has 0 spiro atoms. The third kappa shape index (κ3) is 4.10. The van der Waals surface area contributed by atoms with E-state index in [4.69, 9.17) is 9.72 Å². The lowest BCUT2D eigenvalue weighted by atomic mass is 10.0. The van der Waals surface area contributed by atoms with Crippen molar-refractivity contribution in [1.82, 2.24) is 4.98 Å². The van der Waals surface area contributed by atoms with Crippen LogP contribution < -0.4 is 4.74 Å². The van der Waals surface area contributed by atoms with Gasteiger partial charge < -0.3 is 4.74 Å². The minimum Gasteiger partial charge on any atom is -0.423 e. The highest BCUT2D eigenvalue weighted by atomic mass is 79.9. The number of hydrogen-bond acceptors (Lipinski definition) is 4. The molecule has 0 aliphatic heterocycles. The van der Waals surface area contributed by atoms with E-state index >= 15 is 0 Å². The molecule has 5 heteroatoms. The Morgan fingerprint density at radius 1 is 0.897 bits per heavy atom. The molecule has 4 rings (SSSR count). The standard InChI is InChI=1S/C24H16BrNO3/c1-15(27)16-8-12-19(13-9-16)29-24(28)21-14-23(17-6-10-18(25)11-7-17)26-22-5-3-2-4-20(21)22/h2-14H,1H3. The zero-order chi connectivity index (χ0) is 20.4. The molecule has 4 nitrogen and oxygen atoms in total. The molecular formula is C24H16BrNO3. The number of pyridine rings is 1. The van der Waals surface area contributed by atoms with Crippen LogP contribution in [0.4, 0.5) is 0 Å². The molecule has 0 aliphatic rings. The van der Waals surface area contributed by atoms with Crippen LogP contribution in [0.5, 0.6) is 5.75 Å². The van der Waals surface area contributed by atoms with Gasteiger partial charge in [-0.05, 0) is 55.5 Å². The first kappa shape index (κ1) is 19.0. The number of rotatable bonds is 4. The second-order valence-corrected chi connectivity index (χ2v) is 7.46. The van der Waals surface area contributed by atoms with Crippen molar-refractivity contribution in [3.63, 3.8) is 0 Å². The number of nitrogens with zero attached hydrogens (tertiary/aromatic N) is 1. The topological polar surface area (TPSA) is 56.3 Å². The molecule has 0 atom stereocenters. The molecule has 1 aromatic heterocycles. The van der Waals surface area contributed by atoms with Crippen molar-refractivity contribution in [2.45, 2.75) is 6.92 Å². The van der Waals surface area contributed by atoms with Crippen LogP contribution >= 0.6 is 15.9 Å². The molecule has 0 amide bonds. The molecule has 0 fully saturated rings. The van der Waals surface area contributed by atoms with E-state index in [9.17, 15) is 9.59 Å². The van der Waals surface area contributed by atoms with E-state index in [1.807, 2.05) is 48.5 Å². The Morgan fingerprint density at radius 2 is 1.59 bits per heavy atom. The minimum atomic E-state index is -0.475. The zero-order valence-corrected chi connectivity index (χ0v) is 17.1. The number of esters is 1. The number of Topliss-reactive ketones (excluding diaryl/α,β-unsaturated/α-hetero) is 1. The van der Waals surface area contributed by atoms with E-state index < -0.39 is 5.97 Å². The Labute approximate surface area is 176 Å². The summed E-state index contributed by atoms with van der Waals surface area (Å²) in [4.78, 5) is 29.1. The number of carbonyl (C=O) groups is 2. The van der Waals surface area contributed by atoms with Gasteiger partial charge in [-0.2, -0.15) is 0 Å². The van der Waals surface area contributed by atoms with E-state index in [0.717, 1.165) is 15.4 Å². The van der Waals surface area contributed by atoms with Crippen molar-refractivity contribution in [1.29, 1.82) is 0 Å². The lowest BCUT2D eigenvalue weighted by Crippen LogP contribution is -2.10. The Hall–Kier alpha value is -3.31. The maximum absolute atomic E-state index is 13.0. The van der Waals surface area contributed by atoms with Crippen LogP contribution in [-0.4, -0.2) is 16.7 Å². The molecule has 0 N–H and O–H groups in total. The summed E-state index contributed by atoms with van der Waals surface area (Å²) in [5, 5.41) is 0.721. The van der Waals surface area contributed by atoms with Crippen LogP contribution in [0.15, 0.2) is 83.3 Å². The SMILES string of the molecule is CC(=O)c1ccc(OC(=O)c2cc(-c3ccc(Br)cc3)nc3ccccc23)cc1. The van der Waals surface area contributed by atoms with Crippen LogP contribution in [0.3, 0.4) is 0 Å². The summed E-state index contributed by atoms with van der Waals surface area (Å²) < 4.78 is 6.54. The Kier molecular flexibility index (Phi) is 5.23. The summed E-state index contributed by atoms with van der Waals surface area (Å²) in [5.74, 6) is -0.134. The van der Waals surface area contributed by atoms with Crippen molar-refractivity contribution >= 4 is 38.6 Å². The Bertz CT molecular complexity index is 1220. The largest absolute Gasteiger partial charge is 0.423 e. The number of aromatic nitrogens is 1. The fourth-order valence-corrected chi connectivity index (χ4v) is 3.30. The fraction of sp³-hybridized carbons (Fsp3) is 0.0417. The molecule has 1 heterocycles. The first-order valence-electron chi connectivity index (χ1n) is 9.00. The van der Waals surface area contributed by atoms with Gasteiger partial charge in [-0.3, -0.25) is 4.79 Å². The smallest absolute Gasteiger partial charge is 0.344 e. The normalized spacial score (nSPS) is 10.7. The number of halogens is 1. The number of para-hydroxylation sites is 1. The number of hydrogen-bond donors (Lipinski definition) is 0. The molecule has 0 radical (unpaired) electrons. The fourth-order valence-electron chi connectivity index (χ4n) is 3.03. The summed E-state index contributed by atoms with van der Waals surface area (Å²) in [5.41, 5.74) is 3.31. The summed E-state index contributed by atoms with van der Waals surface area (Å²) >= 11 is 3.43.